The predicted molar refractivity (Wildman–Crippen MR) is 60.5 cm³/mol. The first-order valence-electron chi connectivity index (χ1n) is 5.67. The molecule has 0 radical (unpaired) electrons. The molecule has 0 aliphatic rings. The fourth-order valence-electron chi connectivity index (χ4n) is 1.48. The topological polar surface area (TPSA) is 15.3 Å². The van der Waals surface area contributed by atoms with Gasteiger partial charge in [-0.1, -0.05) is 13.8 Å². The van der Waals surface area contributed by atoms with Crippen LogP contribution in [0.1, 0.15) is 26.7 Å². The molecule has 0 spiro atoms. The van der Waals surface area contributed by atoms with Crippen LogP contribution in [0.15, 0.2) is 0 Å². The van der Waals surface area contributed by atoms with Gasteiger partial charge in [0.25, 0.3) is 0 Å². The molecule has 0 saturated carbocycles. The van der Waals surface area contributed by atoms with Gasteiger partial charge < -0.3 is 10.2 Å². The van der Waals surface area contributed by atoms with Crippen molar-refractivity contribution in [2.45, 2.75) is 38.9 Å². The summed E-state index contributed by atoms with van der Waals surface area (Å²) in [4.78, 5) is 2.04. The molecule has 2 nitrogen and oxygen atoms in total. The molecular weight excluding hydrogens is 217 g/mol. The van der Waals surface area contributed by atoms with Crippen LogP contribution in [0.2, 0.25) is 0 Å². The van der Waals surface area contributed by atoms with Crippen LogP contribution in [-0.4, -0.2) is 44.3 Å². The summed E-state index contributed by atoms with van der Waals surface area (Å²) >= 11 is 0. The molecule has 1 atom stereocenters. The van der Waals surface area contributed by atoms with Crippen molar-refractivity contribution in [3.05, 3.63) is 0 Å². The lowest BCUT2D eigenvalue weighted by atomic mass is 10.0. The van der Waals surface area contributed by atoms with Crippen molar-refractivity contribution in [3.8, 4) is 0 Å². The van der Waals surface area contributed by atoms with E-state index in [0.29, 0.717) is 12.5 Å². The zero-order chi connectivity index (χ0) is 12.8. The van der Waals surface area contributed by atoms with Gasteiger partial charge in [-0.2, -0.15) is 13.2 Å². The number of nitrogens with zero attached hydrogens (tertiary/aromatic N) is 1. The molecule has 0 aliphatic carbocycles. The molecular formula is C11H23F3N2. The largest absolute Gasteiger partial charge is 0.389 e. The summed E-state index contributed by atoms with van der Waals surface area (Å²) in [5.74, 6) is 0.424. The maximum absolute atomic E-state index is 11.9. The Bertz CT molecular complexity index is 179. The Balaban J connectivity index is 3.77. The Morgan fingerprint density at radius 2 is 1.75 bits per heavy atom. The second-order valence-corrected chi connectivity index (χ2v) is 4.79. The normalized spacial score (nSPS) is 14.8. The molecule has 0 heterocycles. The zero-order valence-corrected chi connectivity index (χ0v) is 10.6. The van der Waals surface area contributed by atoms with Gasteiger partial charge in [-0.3, -0.25) is 0 Å². The highest BCUT2D eigenvalue weighted by atomic mass is 19.4. The van der Waals surface area contributed by atoms with Crippen LogP contribution in [0.25, 0.3) is 0 Å². The van der Waals surface area contributed by atoms with Crippen molar-refractivity contribution >= 4 is 0 Å². The van der Waals surface area contributed by atoms with E-state index in [0.717, 1.165) is 6.54 Å². The number of alkyl halides is 3. The molecule has 5 heteroatoms. The standard InChI is InChI=1S/C11H23F3N2/c1-9(2)10(8-16(3)4)15-7-5-6-11(12,13)14/h9-10,15H,5-8H2,1-4H3. The highest BCUT2D eigenvalue weighted by Gasteiger charge is 2.26. The minimum atomic E-state index is -4.03. The molecule has 0 aliphatic heterocycles. The summed E-state index contributed by atoms with van der Waals surface area (Å²) in [6.07, 6.45) is -4.58. The summed E-state index contributed by atoms with van der Waals surface area (Å²) < 4.78 is 35.7. The summed E-state index contributed by atoms with van der Waals surface area (Å²) in [6.45, 7) is 5.43. The molecule has 1 N–H and O–H groups in total. The highest BCUT2D eigenvalue weighted by molar-refractivity contribution is 4.73. The number of rotatable bonds is 7. The number of likely N-dealkylation sites (N-methyl/N-ethyl adjacent to an activating group) is 1. The van der Waals surface area contributed by atoms with Crippen molar-refractivity contribution in [3.63, 3.8) is 0 Å². The molecule has 0 aromatic rings. The van der Waals surface area contributed by atoms with Crippen molar-refractivity contribution in [1.29, 1.82) is 0 Å². The van der Waals surface area contributed by atoms with Gasteiger partial charge in [0.2, 0.25) is 0 Å². The van der Waals surface area contributed by atoms with Gasteiger partial charge in [0.05, 0.1) is 0 Å². The second kappa shape index (κ2) is 7.12. The first-order valence-corrected chi connectivity index (χ1v) is 5.67. The number of nitrogens with one attached hydrogen (secondary N) is 1. The lowest BCUT2D eigenvalue weighted by molar-refractivity contribution is -0.135. The van der Waals surface area contributed by atoms with Gasteiger partial charge in [-0.15, -0.1) is 0 Å². The molecule has 98 valence electrons. The smallest absolute Gasteiger partial charge is 0.312 e. The van der Waals surface area contributed by atoms with Crippen LogP contribution >= 0.6 is 0 Å². The van der Waals surface area contributed by atoms with Gasteiger partial charge in [-0.25, -0.2) is 0 Å². The monoisotopic (exact) mass is 240 g/mol. The van der Waals surface area contributed by atoms with Crippen LogP contribution in [0, 0.1) is 5.92 Å². The summed E-state index contributed by atoms with van der Waals surface area (Å²) in [5.41, 5.74) is 0. The molecule has 0 bridgehead atoms. The van der Waals surface area contributed by atoms with E-state index < -0.39 is 12.6 Å². The Morgan fingerprint density at radius 1 is 1.19 bits per heavy atom. The van der Waals surface area contributed by atoms with Gasteiger partial charge in [-0.05, 0) is 33.0 Å². The number of halogens is 3. The van der Waals surface area contributed by atoms with E-state index in [1.807, 2.05) is 19.0 Å². The fraction of sp³-hybridized carbons (Fsp3) is 1.00. The summed E-state index contributed by atoms with van der Waals surface area (Å²) in [6, 6.07) is 0.253. The lowest BCUT2D eigenvalue weighted by Crippen LogP contribution is -2.42. The van der Waals surface area contributed by atoms with Crippen LogP contribution in [0.4, 0.5) is 13.2 Å². The first-order chi connectivity index (χ1) is 7.22. The van der Waals surface area contributed by atoms with Crippen molar-refractivity contribution in [1.82, 2.24) is 10.2 Å². The molecule has 0 aromatic carbocycles. The minimum absolute atomic E-state index is 0.153. The Labute approximate surface area is 96.2 Å². The molecule has 0 saturated heterocycles. The molecule has 1 unspecified atom stereocenters. The third-order valence-electron chi connectivity index (χ3n) is 2.41. The van der Waals surface area contributed by atoms with Crippen LogP contribution in [0.5, 0.6) is 0 Å². The quantitative estimate of drug-likeness (QED) is 0.688. The van der Waals surface area contributed by atoms with Crippen molar-refractivity contribution in [2.24, 2.45) is 5.92 Å². The SMILES string of the molecule is CC(C)C(CN(C)C)NCCCC(F)(F)F. The van der Waals surface area contributed by atoms with E-state index >= 15 is 0 Å². The summed E-state index contributed by atoms with van der Waals surface area (Å²) in [7, 11) is 3.93. The van der Waals surface area contributed by atoms with Gasteiger partial charge in [0.15, 0.2) is 0 Å². The fourth-order valence-corrected chi connectivity index (χ4v) is 1.48. The van der Waals surface area contributed by atoms with Crippen LogP contribution in [-0.2, 0) is 0 Å². The molecule has 0 aromatic heterocycles. The average Bonchev–Trinajstić information content (AvgIpc) is 2.07. The summed E-state index contributed by atoms with van der Waals surface area (Å²) in [5, 5.41) is 3.18. The van der Waals surface area contributed by atoms with Gasteiger partial charge >= 0.3 is 6.18 Å². The van der Waals surface area contributed by atoms with E-state index in [-0.39, 0.29) is 12.5 Å². The van der Waals surface area contributed by atoms with E-state index in [2.05, 4.69) is 19.2 Å². The molecule has 0 rings (SSSR count). The second-order valence-electron chi connectivity index (χ2n) is 4.79. The van der Waals surface area contributed by atoms with Gasteiger partial charge in [0, 0.05) is 19.0 Å². The molecule has 0 fully saturated rings. The maximum Gasteiger partial charge on any atom is 0.389 e. The minimum Gasteiger partial charge on any atom is -0.312 e. The Hall–Kier alpha value is -0.290. The number of hydrogen-bond acceptors (Lipinski definition) is 2. The predicted octanol–water partition coefficient (Wildman–Crippen LogP) is 2.50. The Kier molecular flexibility index (Phi) is 6.99. The van der Waals surface area contributed by atoms with Crippen LogP contribution in [0.3, 0.4) is 0 Å². The van der Waals surface area contributed by atoms with E-state index in [4.69, 9.17) is 0 Å². The highest BCUT2D eigenvalue weighted by Crippen LogP contribution is 2.20. The maximum atomic E-state index is 11.9. The van der Waals surface area contributed by atoms with E-state index in [1.54, 1.807) is 0 Å². The lowest BCUT2D eigenvalue weighted by Gasteiger charge is -2.25. The van der Waals surface area contributed by atoms with E-state index in [9.17, 15) is 13.2 Å². The van der Waals surface area contributed by atoms with E-state index in [1.165, 1.54) is 0 Å². The third-order valence-corrected chi connectivity index (χ3v) is 2.41. The van der Waals surface area contributed by atoms with Gasteiger partial charge in [0.1, 0.15) is 0 Å². The average molecular weight is 240 g/mol. The van der Waals surface area contributed by atoms with Crippen LogP contribution < -0.4 is 5.32 Å². The first kappa shape index (κ1) is 15.7. The Morgan fingerprint density at radius 3 is 2.12 bits per heavy atom. The van der Waals surface area contributed by atoms with Crippen molar-refractivity contribution < 1.29 is 13.2 Å². The number of hydrogen-bond donors (Lipinski definition) is 1. The third kappa shape index (κ3) is 8.97. The van der Waals surface area contributed by atoms with Crippen molar-refractivity contribution in [2.75, 3.05) is 27.2 Å². The zero-order valence-electron chi connectivity index (χ0n) is 10.6. The molecule has 0 amide bonds. The molecule has 16 heavy (non-hydrogen) atoms.